The molecule has 1 saturated heterocycles. The lowest BCUT2D eigenvalue weighted by molar-refractivity contribution is 0.217. The van der Waals surface area contributed by atoms with Crippen LogP contribution >= 0.6 is 23.2 Å². The van der Waals surface area contributed by atoms with Gasteiger partial charge in [0.1, 0.15) is 0 Å². The number of carbonyl (C=O) groups is 1. The van der Waals surface area contributed by atoms with Crippen LogP contribution in [0.3, 0.4) is 0 Å². The van der Waals surface area contributed by atoms with Gasteiger partial charge in [0.05, 0.1) is 10.7 Å². The molecule has 2 N–H and O–H groups in total. The first-order valence-corrected chi connectivity index (χ1v) is 6.97. The van der Waals surface area contributed by atoms with Crippen LogP contribution in [0.4, 0.5) is 10.5 Å². The standard InChI is InChI=1S/C13H16Cl2N2O2/c14-10-1-2-11(15)12(7-10)16-13(19)17-5-3-9(8-17)4-6-18/h1-2,7,9,18H,3-6,8H2,(H,16,19). The Balaban J connectivity index is 1.96. The lowest BCUT2D eigenvalue weighted by Gasteiger charge is -2.18. The molecule has 0 aromatic heterocycles. The van der Waals surface area contributed by atoms with Crippen LogP contribution < -0.4 is 5.32 Å². The van der Waals surface area contributed by atoms with Crippen molar-refractivity contribution in [3.05, 3.63) is 28.2 Å². The van der Waals surface area contributed by atoms with E-state index >= 15 is 0 Å². The Labute approximate surface area is 122 Å². The van der Waals surface area contributed by atoms with Crippen molar-refractivity contribution in [3.63, 3.8) is 0 Å². The summed E-state index contributed by atoms with van der Waals surface area (Å²) < 4.78 is 0. The van der Waals surface area contributed by atoms with E-state index in [0.717, 1.165) is 12.8 Å². The fourth-order valence-electron chi connectivity index (χ4n) is 2.22. The molecule has 1 aliphatic rings. The largest absolute Gasteiger partial charge is 0.396 e. The number of halogens is 2. The van der Waals surface area contributed by atoms with E-state index < -0.39 is 0 Å². The zero-order valence-corrected chi connectivity index (χ0v) is 11.9. The number of amides is 2. The predicted octanol–water partition coefficient (Wildman–Crippen LogP) is 3.23. The van der Waals surface area contributed by atoms with Gasteiger partial charge in [0.15, 0.2) is 0 Å². The van der Waals surface area contributed by atoms with Gasteiger partial charge in [0.2, 0.25) is 0 Å². The van der Waals surface area contributed by atoms with Crippen LogP contribution in [-0.4, -0.2) is 35.7 Å². The zero-order chi connectivity index (χ0) is 13.8. The third-order valence-corrected chi connectivity index (χ3v) is 3.85. The van der Waals surface area contributed by atoms with Gasteiger partial charge in [-0.25, -0.2) is 4.79 Å². The van der Waals surface area contributed by atoms with Crippen LogP contribution in [0.5, 0.6) is 0 Å². The summed E-state index contributed by atoms with van der Waals surface area (Å²) in [6.45, 7) is 1.54. The number of urea groups is 1. The van der Waals surface area contributed by atoms with E-state index in [2.05, 4.69) is 5.32 Å². The third kappa shape index (κ3) is 3.75. The summed E-state index contributed by atoms with van der Waals surface area (Å²) in [7, 11) is 0. The molecule has 104 valence electrons. The van der Waals surface area contributed by atoms with Crippen molar-refractivity contribution in [1.29, 1.82) is 0 Å². The molecule has 1 atom stereocenters. The highest BCUT2D eigenvalue weighted by molar-refractivity contribution is 6.35. The van der Waals surface area contributed by atoms with E-state index in [9.17, 15) is 4.79 Å². The van der Waals surface area contributed by atoms with E-state index in [0.29, 0.717) is 34.7 Å². The van der Waals surface area contributed by atoms with Gasteiger partial charge >= 0.3 is 6.03 Å². The Morgan fingerprint density at radius 3 is 3.00 bits per heavy atom. The molecule has 1 heterocycles. The van der Waals surface area contributed by atoms with Gasteiger partial charge in [0.25, 0.3) is 0 Å². The molecule has 1 fully saturated rings. The number of aliphatic hydroxyl groups excluding tert-OH is 1. The number of aliphatic hydroxyl groups is 1. The quantitative estimate of drug-likeness (QED) is 0.900. The normalized spacial score (nSPS) is 18.7. The highest BCUT2D eigenvalue weighted by atomic mass is 35.5. The summed E-state index contributed by atoms with van der Waals surface area (Å²) in [5.41, 5.74) is 0.518. The number of benzene rings is 1. The van der Waals surface area contributed by atoms with Gasteiger partial charge in [-0.05, 0) is 37.0 Å². The number of hydrogen-bond acceptors (Lipinski definition) is 2. The van der Waals surface area contributed by atoms with Crippen molar-refractivity contribution < 1.29 is 9.90 Å². The summed E-state index contributed by atoms with van der Waals surface area (Å²) in [5.74, 6) is 0.380. The maximum absolute atomic E-state index is 12.1. The molecular formula is C13H16Cl2N2O2. The summed E-state index contributed by atoms with van der Waals surface area (Å²) in [4.78, 5) is 13.8. The Morgan fingerprint density at radius 1 is 1.47 bits per heavy atom. The van der Waals surface area contributed by atoms with Crippen LogP contribution in [0.1, 0.15) is 12.8 Å². The van der Waals surface area contributed by atoms with Crippen molar-refractivity contribution in [2.45, 2.75) is 12.8 Å². The van der Waals surface area contributed by atoms with E-state index in [1.807, 2.05) is 0 Å². The van der Waals surface area contributed by atoms with Crippen molar-refractivity contribution in [3.8, 4) is 0 Å². The van der Waals surface area contributed by atoms with Gasteiger partial charge in [-0.15, -0.1) is 0 Å². The number of rotatable bonds is 3. The van der Waals surface area contributed by atoms with Gasteiger partial charge in [-0.3, -0.25) is 0 Å². The fraction of sp³-hybridized carbons (Fsp3) is 0.462. The molecule has 1 aromatic rings. The zero-order valence-electron chi connectivity index (χ0n) is 10.4. The maximum Gasteiger partial charge on any atom is 0.321 e. The fourth-order valence-corrected chi connectivity index (χ4v) is 2.56. The number of carbonyl (C=O) groups excluding carboxylic acids is 1. The van der Waals surface area contributed by atoms with Crippen molar-refractivity contribution in [2.24, 2.45) is 5.92 Å². The lowest BCUT2D eigenvalue weighted by atomic mass is 10.1. The van der Waals surface area contributed by atoms with Crippen LogP contribution in [0.25, 0.3) is 0 Å². The molecule has 0 aliphatic carbocycles. The Bertz CT molecular complexity index is 468. The van der Waals surface area contributed by atoms with Crippen LogP contribution in [0.2, 0.25) is 10.0 Å². The molecule has 6 heteroatoms. The minimum absolute atomic E-state index is 0.167. The van der Waals surface area contributed by atoms with Crippen LogP contribution in [0, 0.1) is 5.92 Å². The van der Waals surface area contributed by atoms with Crippen LogP contribution in [-0.2, 0) is 0 Å². The maximum atomic E-state index is 12.1. The molecule has 19 heavy (non-hydrogen) atoms. The smallest absolute Gasteiger partial charge is 0.321 e. The highest BCUT2D eigenvalue weighted by Gasteiger charge is 2.26. The van der Waals surface area contributed by atoms with E-state index in [1.165, 1.54) is 0 Å². The second-order valence-corrected chi connectivity index (χ2v) is 5.51. The van der Waals surface area contributed by atoms with Crippen molar-refractivity contribution >= 4 is 34.9 Å². The number of likely N-dealkylation sites (tertiary alicyclic amines) is 1. The number of nitrogens with one attached hydrogen (secondary N) is 1. The second kappa shape index (κ2) is 6.46. The Morgan fingerprint density at radius 2 is 2.26 bits per heavy atom. The monoisotopic (exact) mass is 302 g/mol. The van der Waals surface area contributed by atoms with Crippen molar-refractivity contribution in [1.82, 2.24) is 4.90 Å². The Hall–Kier alpha value is -0.970. The number of hydrogen-bond donors (Lipinski definition) is 2. The predicted molar refractivity (Wildman–Crippen MR) is 76.9 cm³/mol. The van der Waals surface area contributed by atoms with Gasteiger partial charge in [0, 0.05) is 24.7 Å². The molecule has 0 radical (unpaired) electrons. The van der Waals surface area contributed by atoms with E-state index in [4.69, 9.17) is 28.3 Å². The highest BCUT2D eigenvalue weighted by Crippen LogP contribution is 2.26. The molecule has 0 bridgehead atoms. The van der Waals surface area contributed by atoms with Gasteiger partial charge in [-0.2, -0.15) is 0 Å². The molecule has 0 saturated carbocycles. The summed E-state index contributed by atoms with van der Waals surface area (Å²) in [6, 6.07) is 4.78. The average molecular weight is 303 g/mol. The molecule has 2 amide bonds. The summed E-state index contributed by atoms with van der Waals surface area (Å²) in [5, 5.41) is 12.7. The SMILES string of the molecule is O=C(Nc1cc(Cl)ccc1Cl)N1CCC(CCO)C1. The molecule has 1 aliphatic heterocycles. The minimum Gasteiger partial charge on any atom is -0.396 e. The first-order chi connectivity index (χ1) is 9.10. The molecule has 1 aromatic carbocycles. The number of anilines is 1. The summed E-state index contributed by atoms with van der Waals surface area (Å²) in [6.07, 6.45) is 1.67. The molecule has 0 spiro atoms. The minimum atomic E-state index is -0.176. The van der Waals surface area contributed by atoms with Crippen molar-refractivity contribution in [2.75, 3.05) is 25.0 Å². The molecule has 4 nitrogen and oxygen atoms in total. The van der Waals surface area contributed by atoms with Crippen LogP contribution in [0.15, 0.2) is 18.2 Å². The molecule has 2 rings (SSSR count). The summed E-state index contributed by atoms with van der Waals surface area (Å²) >= 11 is 11.9. The number of nitrogens with zero attached hydrogens (tertiary/aromatic N) is 1. The lowest BCUT2D eigenvalue weighted by Crippen LogP contribution is -2.33. The Kier molecular flexibility index (Phi) is 4.91. The topological polar surface area (TPSA) is 52.6 Å². The van der Waals surface area contributed by atoms with E-state index in [-0.39, 0.29) is 12.6 Å². The van der Waals surface area contributed by atoms with Gasteiger partial charge < -0.3 is 15.3 Å². The first kappa shape index (κ1) is 14.4. The van der Waals surface area contributed by atoms with Gasteiger partial charge in [-0.1, -0.05) is 23.2 Å². The van der Waals surface area contributed by atoms with E-state index in [1.54, 1.807) is 23.1 Å². The third-order valence-electron chi connectivity index (χ3n) is 3.28. The second-order valence-electron chi connectivity index (χ2n) is 4.67. The molecular weight excluding hydrogens is 287 g/mol. The molecule has 1 unspecified atom stereocenters. The average Bonchev–Trinajstić information content (AvgIpc) is 2.83. The first-order valence-electron chi connectivity index (χ1n) is 6.22.